The van der Waals surface area contributed by atoms with Crippen molar-refractivity contribution in [2.24, 2.45) is 7.05 Å². The number of imidazole rings is 1. The molecule has 4 nitrogen and oxygen atoms in total. The lowest BCUT2D eigenvalue weighted by molar-refractivity contribution is 0.0780. The molecule has 0 radical (unpaired) electrons. The van der Waals surface area contributed by atoms with Crippen molar-refractivity contribution >= 4 is 33.4 Å². The Hall–Kier alpha value is -1.33. The molecule has 100 valence electrons. The van der Waals surface area contributed by atoms with Gasteiger partial charge in [0.15, 0.2) is 0 Å². The molecule has 1 aromatic carbocycles. The second-order valence-corrected chi connectivity index (χ2v) is 5.45. The molecule has 6 heteroatoms. The number of aryl methyl sites for hydroxylation is 1. The summed E-state index contributed by atoms with van der Waals surface area (Å²) in [6.07, 6.45) is 3.56. The van der Waals surface area contributed by atoms with E-state index in [4.69, 9.17) is 11.6 Å². The van der Waals surface area contributed by atoms with Gasteiger partial charge in [-0.2, -0.15) is 0 Å². The maximum atomic E-state index is 12.3. The van der Waals surface area contributed by atoms with Gasteiger partial charge in [0, 0.05) is 31.0 Å². The summed E-state index contributed by atoms with van der Waals surface area (Å²) in [5, 5.41) is 0.430. The van der Waals surface area contributed by atoms with Crippen LogP contribution < -0.4 is 0 Å². The molecule has 0 spiro atoms. The molecule has 1 heterocycles. The van der Waals surface area contributed by atoms with Crippen molar-refractivity contribution in [3.05, 3.63) is 51.5 Å². The van der Waals surface area contributed by atoms with Crippen LogP contribution in [0.25, 0.3) is 0 Å². The van der Waals surface area contributed by atoms with E-state index in [2.05, 4.69) is 20.9 Å². The van der Waals surface area contributed by atoms with Gasteiger partial charge in [-0.25, -0.2) is 4.98 Å². The molecule has 0 atom stereocenters. The summed E-state index contributed by atoms with van der Waals surface area (Å²) in [5.74, 6) is 0.691. The van der Waals surface area contributed by atoms with Crippen molar-refractivity contribution in [3.63, 3.8) is 0 Å². The van der Waals surface area contributed by atoms with Gasteiger partial charge in [-0.15, -0.1) is 0 Å². The fourth-order valence-electron chi connectivity index (χ4n) is 1.71. The lowest BCUT2D eigenvalue weighted by Crippen LogP contribution is -2.27. The van der Waals surface area contributed by atoms with Crippen molar-refractivity contribution in [2.45, 2.75) is 6.54 Å². The van der Waals surface area contributed by atoms with Crippen molar-refractivity contribution in [2.75, 3.05) is 7.05 Å². The van der Waals surface area contributed by atoms with Crippen LogP contribution in [0.4, 0.5) is 0 Å². The van der Waals surface area contributed by atoms with E-state index in [1.54, 1.807) is 36.3 Å². The average molecular weight is 343 g/mol. The third-order valence-electron chi connectivity index (χ3n) is 2.83. The zero-order valence-corrected chi connectivity index (χ0v) is 12.9. The summed E-state index contributed by atoms with van der Waals surface area (Å²) in [6, 6.07) is 5.31. The zero-order valence-electron chi connectivity index (χ0n) is 10.6. The predicted octanol–water partition coefficient (Wildman–Crippen LogP) is 3.11. The van der Waals surface area contributed by atoms with Gasteiger partial charge in [-0.05, 0) is 28.1 Å². The van der Waals surface area contributed by atoms with E-state index in [9.17, 15) is 4.79 Å². The highest BCUT2D eigenvalue weighted by atomic mass is 79.9. The summed E-state index contributed by atoms with van der Waals surface area (Å²) in [6.45, 7) is 0.436. The van der Waals surface area contributed by atoms with Crippen LogP contribution in [0.3, 0.4) is 0 Å². The number of halogens is 2. The number of hydrogen-bond acceptors (Lipinski definition) is 2. The lowest BCUT2D eigenvalue weighted by Gasteiger charge is -2.18. The Balaban J connectivity index is 2.20. The standard InChI is InChI=1S/C13H13BrClN3O/c1-17-7-6-16-11(17)8-18(2)13(19)9-4-3-5-10(14)12(9)15/h3-7H,8H2,1-2H3. The molecule has 0 saturated heterocycles. The Bertz CT molecular complexity index is 612. The predicted molar refractivity (Wildman–Crippen MR) is 78.2 cm³/mol. The number of carbonyl (C=O) groups excluding carboxylic acids is 1. The summed E-state index contributed by atoms with van der Waals surface area (Å²) >= 11 is 9.45. The van der Waals surface area contributed by atoms with Crippen molar-refractivity contribution in [1.29, 1.82) is 0 Å². The van der Waals surface area contributed by atoms with Gasteiger partial charge in [0.2, 0.25) is 0 Å². The zero-order chi connectivity index (χ0) is 14.0. The third-order valence-corrected chi connectivity index (χ3v) is 4.12. The molecule has 2 rings (SSSR count). The fraction of sp³-hybridized carbons (Fsp3) is 0.231. The Kier molecular flexibility index (Phi) is 4.27. The molecule has 0 aliphatic carbocycles. The van der Waals surface area contributed by atoms with E-state index in [0.29, 0.717) is 21.6 Å². The number of rotatable bonds is 3. The Morgan fingerprint density at radius 3 is 2.89 bits per heavy atom. The van der Waals surface area contributed by atoms with Crippen molar-refractivity contribution in [3.8, 4) is 0 Å². The van der Waals surface area contributed by atoms with Gasteiger partial charge < -0.3 is 9.47 Å². The van der Waals surface area contributed by atoms with Gasteiger partial charge in [-0.3, -0.25) is 4.79 Å². The van der Waals surface area contributed by atoms with Crippen molar-refractivity contribution in [1.82, 2.24) is 14.5 Å². The smallest absolute Gasteiger partial charge is 0.255 e. The molecule has 1 aromatic heterocycles. The van der Waals surface area contributed by atoms with Crippen LogP contribution in [-0.4, -0.2) is 27.4 Å². The van der Waals surface area contributed by atoms with Gasteiger partial charge in [0.25, 0.3) is 5.91 Å². The molecule has 0 fully saturated rings. The van der Waals surface area contributed by atoms with Crippen LogP contribution in [0.5, 0.6) is 0 Å². The highest BCUT2D eigenvalue weighted by molar-refractivity contribution is 9.10. The first-order chi connectivity index (χ1) is 9.00. The van der Waals surface area contributed by atoms with Gasteiger partial charge in [0.1, 0.15) is 5.82 Å². The number of nitrogens with zero attached hydrogens (tertiary/aromatic N) is 3. The summed E-state index contributed by atoms with van der Waals surface area (Å²) in [4.78, 5) is 18.1. The largest absolute Gasteiger partial charge is 0.337 e. The molecule has 0 bridgehead atoms. The molecular formula is C13H13BrClN3O. The van der Waals surface area contributed by atoms with Crippen LogP contribution in [0.2, 0.25) is 5.02 Å². The average Bonchev–Trinajstić information content (AvgIpc) is 2.77. The SMILES string of the molecule is CN(Cc1nccn1C)C(=O)c1cccc(Br)c1Cl. The van der Waals surface area contributed by atoms with E-state index in [0.717, 1.165) is 5.82 Å². The Morgan fingerprint density at radius 1 is 1.53 bits per heavy atom. The number of carbonyl (C=O) groups is 1. The van der Waals surface area contributed by atoms with E-state index in [1.165, 1.54) is 0 Å². The maximum absolute atomic E-state index is 12.3. The molecule has 0 unspecified atom stereocenters. The summed E-state index contributed by atoms with van der Waals surface area (Å²) in [5.41, 5.74) is 0.479. The first-order valence-corrected chi connectivity index (χ1v) is 6.83. The van der Waals surface area contributed by atoms with E-state index >= 15 is 0 Å². The molecule has 0 N–H and O–H groups in total. The van der Waals surface area contributed by atoms with Crippen LogP contribution in [0.15, 0.2) is 35.1 Å². The molecule has 0 aliphatic heterocycles. The number of aromatic nitrogens is 2. The minimum Gasteiger partial charge on any atom is -0.337 e. The molecule has 2 aromatic rings. The molecule has 19 heavy (non-hydrogen) atoms. The fourth-order valence-corrected chi connectivity index (χ4v) is 2.28. The maximum Gasteiger partial charge on any atom is 0.255 e. The summed E-state index contributed by atoms with van der Waals surface area (Å²) in [7, 11) is 3.63. The van der Waals surface area contributed by atoms with E-state index in [1.807, 2.05) is 17.8 Å². The minimum absolute atomic E-state index is 0.130. The topological polar surface area (TPSA) is 38.1 Å². The number of hydrogen-bond donors (Lipinski definition) is 0. The van der Waals surface area contributed by atoms with Crippen LogP contribution in [-0.2, 0) is 13.6 Å². The number of amides is 1. The quantitative estimate of drug-likeness (QED) is 0.859. The van der Waals surface area contributed by atoms with Crippen LogP contribution in [0.1, 0.15) is 16.2 Å². The minimum atomic E-state index is -0.130. The van der Waals surface area contributed by atoms with Crippen LogP contribution in [0, 0.1) is 0 Å². The first kappa shape index (κ1) is 14.1. The molecule has 0 aliphatic rings. The third kappa shape index (κ3) is 2.98. The second kappa shape index (κ2) is 5.75. The molecular weight excluding hydrogens is 330 g/mol. The van der Waals surface area contributed by atoms with E-state index < -0.39 is 0 Å². The highest BCUT2D eigenvalue weighted by Crippen LogP contribution is 2.26. The first-order valence-electron chi connectivity index (χ1n) is 5.66. The lowest BCUT2D eigenvalue weighted by atomic mass is 10.2. The Labute approximate surface area is 125 Å². The normalized spacial score (nSPS) is 10.5. The number of benzene rings is 1. The highest BCUT2D eigenvalue weighted by Gasteiger charge is 2.17. The molecule has 0 saturated carbocycles. The monoisotopic (exact) mass is 341 g/mol. The Morgan fingerprint density at radius 2 is 2.26 bits per heavy atom. The van der Waals surface area contributed by atoms with E-state index in [-0.39, 0.29) is 5.91 Å². The van der Waals surface area contributed by atoms with Crippen LogP contribution >= 0.6 is 27.5 Å². The van der Waals surface area contributed by atoms with Crippen molar-refractivity contribution < 1.29 is 4.79 Å². The molecule has 1 amide bonds. The van der Waals surface area contributed by atoms with Gasteiger partial charge in [0.05, 0.1) is 17.1 Å². The van der Waals surface area contributed by atoms with Gasteiger partial charge in [-0.1, -0.05) is 17.7 Å². The second-order valence-electron chi connectivity index (χ2n) is 4.22. The summed E-state index contributed by atoms with van der Waals surface area (Å²) < 4.78 is 2.59. The van der Waals surface area contributed by atoms with Gasteiger partial charge >= 0.3 is 0 Å².